The van der Waals surface area contributed by atoms with E-state index in [9.17, 15) is 17.6 Å². The summed E-state index contributed by atoms with van der Waals surface area (Å²) in [6.07, 6.45) is -5.08. The monoisotopic (exact) mass is 464 g/mol. The smallest absolute Gasteiger partial charge is 0.475 e. The van der Waals surface area contributed by atoms with Crippen molar-refractivity contribution in [1.29, 1.82) is 0 Å². The highest BCUT2D eigenvalue weighted by atomic mass is 19.4. The normalized spacial score (nSPS) is 11.3. The zero-order valence-corrected chi connectivity index (χ0v) is 17.7. The number of hydrogen-bond acceptors (Lipinski definition) is 5. The first-order valence-corrected chi connectivity index (χ1v) is 9.68. The van der Waals surface area contributed by atoms with Gasteiger partial charge in [-0.1, -0.05) is 6.07 Å². The third-order valence-corrected chi connectivity index (χ3v) is 4.59. The number of aliphatic carboxylic acids is 1. The third-order valence-electron chi connectivity index (χ3n) is 4.59. The standard InChI is InChI=1S/C20H19FN4O.C2HF3O2/c1-13-9-17(24-25(13)2)12-22-11-14-3-8-19-18(10-14)23-20(26-19)15-4-6-16(21)7-5-15;3-2(4,5)1(6)7/h3-10,22H,11-12H2,1-2H3;(H,6,7). The lowest BCUT2D eigenvalue weighted by Crippen LogP contribution is -2.21. The van der Waals surface area contributed by atoms with Crippen molar-refractivity contribution in [3.8, 4) is 11.5 Å². The Morgan fingerprint density at radius 1 is 1.12 bits per heavy atom. The van der Waals surface area contributed by atoms with Gasteiger partial charge in [-0.05, 0) is 55.0 Å². The molecule has 0 bridgehead atoms. The highest BCUT2D eigenvalue weighted by Crippen LogP contribution is 2.25. The first-order chi connectivity index (χ1) is 15.5. The van der Waals surface area contributed by atoms with Gasteiger partial charge >= 0.3 is 12.1 Å². The van der Waals surface area contributed by atoms with E-state index >= 15 is 0 Å². The molecule has 174 valence electrons. The number of aryl methyl sites for hydroxylation is 2. The number of nitrogens with one attached hydrogen (secondary N) is 1. The van der Waals surface area contributed by atoms with Crippen molar-refractivity contribution >= 4 is 17.1 Å². The first kappa shape index (κ1) is 23.9. The van der Waals surface area contributed by atoms with Gasteiger partial charge in [0.25, 0.3) is 0 Å². The Kier molecular flexibility index (Phi) is 7.12. The fourth-order valence-electron chi connectivity index (χ4n) is 2.86. The minimum Gasteiger partial charge on any atom is -0.475 e. The molecule has 2 aromatic carbocycles. The number of halogens is 4. The van der Waals surface area contributed by atoms with Crippen LogP contribution in [0.1, 0.15) is 17.0 Å². The average Bonchev–Trinajstić information content (AvgIpc) is 3.30. The second-order valence-corrected chi connectivity index (χ2v) is 7.14. The van der Waals surface area contributed by atoms with Gasteiger partial charge in [-0.15, -0.1) is 0 Å². The summed E-state index contributed by atoms with van der Waals surface area (Å²) in [5.74, 6) is -2.54. The fourth-order valence-corrected chi connectivity index (χ4v) is 2.86. The molecule has 33 heavy (non-hydrogen) atoms. The number of carboxylic acids is 1. The molecule has 0 aliphatic heterocycles. The highest BCUT2D eigenvalue weighted by Gasteiger charge is 2.38. The minimum atomic E-state index is -5.08. The van der Waals surface area contributed by atoms with E-state index in [1.54, 1.807) is 12.1 Å². The number of aromatic nitrogens is 3. The Morgan fingerprint density at radius 2 is 1.79 bits per heavy atom. The molecule has 11 heteroatoms. The SMILES string of the molecule is Cc1cc(CNCc2ccc3oc(-c4ccc(F)cc4)nc3c2)nn1C.O=C(O)C(F)(F)F. The van der Waals surface area contributed by atoms with Crippen molar-refractivity contribution < 1.29 is 31.9 Å². The Labute approximate surface area is 185 Å². The van der Waals surface area contributed by atoms with Gasteiger partial charge in [0.2, 0.25) is 5.89 Å². The number of rotatable bonds is 5. The Bertz CT molecular complexity index is 1230. The molecule has 2 aromatic heterocycles. The second-order valence-electron chi connectivity index (χ2n) is 7.14. The van der Waals surface area contributed by atoms with E-state index in [-0.39, 0.29) is 5.82 Å². The number of hydrogen-bond donors (Lipinski definition) is 2. The Hall–Kier alpha value is -3.73. The molecule has 0 atom stereocenters. The molecule has 0 aliphatic carbocycles. The van der Waals surface area contributed by atoms with Crippen molar-refractivity contribution in [3.63, 3.8) is 0 Å². The molecule has 0 unspecified atom stereocenters. The van der Waals surface area contributed by atoms with Crippen LogP contribution in [0.5, 0.6) is 0 Å². The number of carbonyl (C=O) groups is 1. The summed E-state index contributed by atoms with van der Waals surface area (Å²) in [4.78, 5) is 13.4. The number of carboxylic acid groups (broad SMARTS) is 1. The van der Waals surface area contributed by atoms with Crippen LogP contribution in [0.3, 0.4) is 0 Å². The van der Waals surface area contributed by atoms with Gasteiger partial charge < -0.3 is 14.8 Å². The van der Waals surface area contributed by atoms with Crippen LogP contribution in [0.25, 0.3) is 22.6 Å². The van der Waals surface area contributed by atoms with Gasteiger partial charge in [0, 0.05) is 31.4 Å². The zero-order chi connectivity index (χ0) is 24.2. The maximum atomic E-state index is 13.1. The summed E-state index contributed by atoms with van der Waals surface area (Å²) in [7, 11) is 1.94. The topological polar surface area (TPSA) is 93.2 Å². The molecule has 4 rings (SSSR count). The predicted octanol–water partition coefficient (Wildman–Crippen LogP) is 4.60. The number of fused-ring (bicyclic) bond motifs is 1. The van der Waals surface area contributed by atoms with Crippen molar-refractivity contribution in [2.24, 2.45) is 7.05 Å². The number of nitrogens with zero attached hydrogens (tertiary/aromatic N) is 3. The van der Waals surface area contributed by atoms with Crippen LogP contribution in [-0.2, 0) is 24.9 Å². The largest absolute Gasteiger partial charge is 0.490 e. The first-order valence-electron chi connectivity index (χ1n) is 9.68. The molecule has 0 fully saturated rings. The lowest BCUT2D eigenvalue weighted by Gasteiger charge is -2.02. The van der Waals surface area contributed by atoms with Crippen LogP contribution in [0.2, 0.25) is 0 Å². The molecule has 2 heterocycles. The molecular weight excluding hydrogens is 444 g/mol. The summed E-state index contributed by atoms with van der Waals surface area (Å²) >= 11 is 0. The van der Waals surface area contributed by atoms with E-state index in [1.165, 1.54) is 12.1 Å². The summed E-state index contributed by atoms with van der Waals surface area (Å²) in [5.41, 5.74) is 5.54. The highest BCUT2D eigenvalue weighted by molar-refractivity contribution is 5.77. The van der Waals surface area contributed by atoms with Crippen LogP contribution < -0.4 is 5.32 Å². The maximum Gasteiger partial charge on any atom is 0.490 e. The average molecular weight is 464 g/mol. The molecule has 0 amide bonds. The molecule has 0 spiro atoms. The van der Waals surface area contributed by atoms with Crippen molar-refractivity contribution in [2.75, 3.05) is 0 Å². The summed E-state index contributed by atoms with van der Waals surface area (Å²) < 4.78 is 52.4. The minimum absolute atomic E-state index is 0.277. The van der Waals surface area contributed by atoms with Crippen LogP contribution in [-0.4, -0.2) is 32.0 Å². The van der Waals surface area contributed by atoms with Crippen molar-refractivity contribution in [1.82, 2.24) is 20.1 Å². The maximum absolute atomic E-state index is 13.1. The molecule has 4 aromatic rings. The number of oxazole rings is 1. The van der Waals surface area contributed by atoms with Gasteiger partial charge in [-0.2, -0.15) is 18.3 Å². The van der Waals surface area contributed by atoms with E-state index < -0.39 is 12.1 Å². The van der Waals surface area contributed by atoms with Crippen molar-refractivity contribution in [3.05, 3.63) is 71.3 Å². The predicted molar refractivity (Wildman–Crippen MR) is 112 cm³/mol. The van der Waals surface area contributed by atoms with E-state index in [1.807, 2.05) is 36.9 Å². The molecule has 0 aliphatic rings. The van der Waals surface area contributed by atoms with Gasteiger partial charge in [0.05, 0.1) is 5.69 Å². The molecular formula is C22H20F4N4O3. The van der Waals surface area contributed by atoms with Gasteiger partial charge in [0.15, 0.2) is 5.58 Å². The second kappa shape index (κ2) is 9.82. The van der Waals surface area contributed by atoms with E-state index in [0.717, 1.165) is 28.0 Å². The van der Waals surface area contributed by atoms with E-state index in [0.29, 0.717) is 24.6 Å². The molecule has 2 N–H and O–H groups in total. The van der Waals surface area contributed by atoms with Gasteiger partial charge in [-0.3, -0.25) is 4.68 Å². The van der Waals surface area contributed by atoms with Crippen LogP contribution in [0, 0.1) is 12.7 Å². The Balaban J connectivity index is 0.000000383. The number of alkyl halides is 3. The van der Waals surface area contributed by atoms with Crippen LogP contribution >= 0.6 is 0 Å². The van der Waals surface area contributed by atoms with Gasteiger partial charge in [-0.25, -0.2) is 14.2 Å². The molecule has 0 radical (unpaired) electrons. The van der Waals surface area contributed by atoms with Crippen molar-refractivity contribution in [2.45, 2.75) is 26.2 Å². The van der Waals surface area contributed by atoms with Gasteiger partial charge in [0.1, 0.15) is 11.3 Å². The fraction of sp³-hybridized carbons (Fsp3) is 0.227. The van der Waals surface area contributed by atoms with E-state index in [2.05, 4.69) is 21.5 Å². The molecule has 7 nitrogen and oxygen atoms in total. The molecule has 0 saturated carbocycles. The molecule has 0 saturated heterocycles. The lowest BCUT2D eigenvalue weighted by molar-refractivity contribution is -0.192. The lowest BCUT2D eigenvalue weighted by atomic mass is 10.2. The van der Waals surface area contributed by atoms with Crippen LogP contribution in [0.4, 0.5) is 17.6 Å². The number of benzene rings is 2. The van der Waals surface area contributed by atoms with E-state index in [4.69, 9.17) is 14.3 Å². The third kappa shape index (κ3) is 6.39. The quantitative estimate of drug-likeness (QED) is 0.420. The summed E-state index contributed by atoms with van der Waals surface area (Å²) in [6.45, 7) is 3.46. The van der Waals surface area contributed by atoms with Crippen LogP contribution in [0.15, 0.2) is 52.9 Å². The Morgan fingerprint density at radius 3 is 2.36 bits per heavy atom. The zero-order valence-electron chi connectivity index (χ0n) is 17.7. The summed E-state index contributed by atoms with van der Waals surface area (Å²) in [6, 6.07) is 14.1. The summed E-state index contributed by atoms with van der Waals surface area (Å²) in [5, 5.41) is 15.0.